The molecule has 0 saturated heterocycles. The van der Waals surface area contributed by atoms with Gasteiger partial charge in [-0.3, -0.25) is 13.9 Å². The molecule has 9 nitrogen and oxygen atoms in total. The number of sulfonamides is 1. The van der Waals surface area contributed by atoms with E-state index in [-0.39, 0.29) is 15.2 Å². The molecule has 0 saturated carbocycles. The molecular formula is C18H16N6O3S2. The fourth-order valence-electron chi connectivity index (χ4n) is 2.80. The van der Waals surface area contributed by atoms with Crippen molar-refractivity contribution in [3.05, 3.63) is 54.6 Å². The maximum Gasteiger partial charge on any atom is 0.273 e. The van der Waals surface area contributed by atoms with Gasteiger partial charge < -0.3 is 5.32 Å². The SMILES string of the molecule is CC(=O)Nc1ncc(S(=O)(=O)Nc2cccc(-c3nc4ncccn4c3C)c2)s1. The average Bonchev–Trinajstić information content (AvgIpc) is 3.27. The Bertz CT molecular complexity index is 1330. The van der Waals surface area contributed by atoms with E-state index in [0.717, 1.165) is 28.3 Å². The molecule has 148 valence electrons. The molecule has 0 unspecified atom stereocenters. The van der Waals surface area contributed by atoms with E-state index in [1.807, 2.05) is 29.7 Å². The summed E-state index contributed by atoms with van der Waals surface area (Å²) < 4.78 is 29.8. The summed E-state index contributed by atoms with van der Waals surface area (Å²) in [5.41, 5.74) is 2.77. The van der Waals surface area contributed by atoms with Gasteiger partial charge in [0.25, 0.3) is 10.0 Å². The quantitative estimate of drug-likeness (QED) is 0.505. The molecule has 1 amide bonds. The predicted molar refractivity (Wildman–Crippen MR) is 110 cm³/mol. The molecule has 1 aromatic carbocycles. The molecule has 4 aromatic rings. The van der Waals surface area contributed by atoms with Crippen molar-refractivity contribution >= 4 is 43.9 Å². The van der Waals surface area contributed by atoms with Crippen LogP contribution in [-0.2, 0) is 14.8 Å². The first-order chi connectivity index (χ1) is 13.8. The maximum atomic E-state index is 12.7. The number of fused-ring (bicyclic) bond motifs is 1. The van der Waals surface area contributed by atoms with E-state index in [2.05, 4.69) is 25.0 Å². The molecule has 0 bridgehead atoms. The third-order valence-electron chi connectivity index (χ3n) is 4.06. The van der Waals surface area contributed by atoms with Crippen LogP contribution in [0.3, 0.4) is 0 Å². The van der Waals surface area contributed by atoms with Crippen molar-refractivity contribution in [2.75, 3.05) is 10.0 Å². The van der Waals surface area contributed by atoms with Crippen LogP contribution in [0.5, 0.6) is 0 Å². The maximum absolute atomic E-state index is 12.7. The van der Waals surface area contributed by atoms with Crippen LogP contribution in [-0.4, -0.2) is 33.7 Å². The first-order valence-corrected chi connectivity index (χ1v) is 10.8. The number of carbonyl (C=O) groups is 1. The fourth-order valence-corrected chi connectivity index (χ4v) is 4.93. The highest BCUT2D eigenvalue weighted by molar-refractivity contribution is 7.94. The van der Waals surface area contributed by atoms with Gasteiger partial charge in [0.15, 0.2) is 9.34 Å². The number of anilines is 2. The van der Waals surface area contributed by atoms with E-state index in [9.17, 15) is 13.2 Å². The number of hydrogen-bond acceptors (Lipinski definition) is 7. The summed E-state index contributed by atoms with van der Waals surface area (Å²) >= 11 is 0.876. The fraction of sp³-hybridized carbons (Fsp3) is 0.111. The van der Waals surface area contributed by atoms with Crippen LogP contribution in [0.4, 0.5) is 10.8 Å². The summed E-state index contributed by atoms with van der Waals surface area (Å²) in [6.45, 7) is 3.25. The minimum Gasteiger partial charge on any atom is -0.302 e. The third-order valence-corrected chi connectivity index (χ3v) is 6.82. The summed E-state index contributed by atoms with van der Waals surface area (Å²) in [4.78, 5) is 23.8. The molecule has 0 atom stereocenters. The zero-order chi connectivity index (χ0) is 20.6. The van der Waals surface area contributed by atoms with Crippen molar-refractivity contribution < 1.29 is 13.2 Å². The number of aryl methyl sites for hydroxylation is 1. The Morgan fingerprint density at radius 1 is 1.21 bits per heavy atom. The number of thiazole rings is 1. The Morgan fingerprint density at radius 3 is 2.79 bits per heavy atom. The number of hydrogen-bond donors (Lipinski definition) is 2. The minimum absolute atomic E-state index is 0.000219. The topological polar surface area (TPSA) is 118 Å². The van der Waals surface area contributed by atoms with Crippen LogP contribution in [0, 0.1) is 6.92 Å². The highest BCUT2D eigenvalue weighted by atomic mass is 32.2. The first kappa shape index (κ1) is 19.0. The Labute approximate surface area is 170 Å². The number of nitrogens with one attached hydrogen (secondary N) is 2. The Balaban J connectivity index is 1.64. The zero-order valence-corrected chi connectivity index (χ0v) is 17.1. The molecule has 11 heteroatoms. The van der Waals surface area contributed by atoms with Gasteiger partial charge >= 0.3 is 0 Å². The normalized spacial score (nSPS) is 11.5. The molecule has 4 rings (SSSR count). The van der Waals surface area contributed by atoms with Crippen LogP contribution in [0.25, 0.3) is 17.0 Å². The largest absolute Gasteiger partial charge is 0.302 e. The number of amides is 1. The number of benzene rings is 1. The van der Waals surface area contributed by atoms with Crippen molar-refractivity contribution in [3.63, 3.8) is 0 Å². The monoisotopic (exact) mass is 428 g/mol. The van der Waals surface area contributed by atoms with E-state index in [4.69, 9.17) is 0 Å². The molecule has 0 spiro atoms. The Hall–Kier alpha value is -3.31. The second kappa shape index (κ2) is 7.26. The summed E-state index contributed by atoms with van der Waals surface area (Å²) in [7, 11) is -3.85. The van der Waals surface area contributed by atoms with Gasteiger partial charge in [-0.2, -0.15) is 0 Å². The molecule has 2 N–H and O–H groups in total. The van der Waals surface area contributed by atoms with Crippen molar-refractivity contribution in [2.45, 2.75) is 18.1 Å². The van der Waals surface area contributed by atoms with E-state index in [1.54, 1.807) is 24.4 Å². The standard InChI is InChI=1S/C18H16N6O3S2/c1-11-16(22-17-19-7-4-8-24(11)17)13-5-3-6-14(9-13)23-29(26,27)15-10-20-18(28-15)21-12(2)25/h3-10,23H,1-2H3,(H,20,21,25). The van der Waals surface area contributed by atoms with E-state index < -0.39 is 10.0 Å². The number of aromatic nitrogens is 4. The highest BCUT2D eigenvalue weighted by Crippen LogP contribution is 2.28. The molecule has 0 aliphatic carbocycles. The molecule has 29 heavy (non-hydrogen) atoms. The lowest BCUT2D eigenvalue weighted by Crippen LogP contribution is -2.11. The van der Waals surface area contributed by atoms with Crippen LogP contribution >= 0.6 is 11.3 Å². The molecule has 3 aromatic heterocycles. The molecule has 0 radical (unpaired) electrons. The lowest BCUT2D eigenvalue weighted by atomic mass is 10.1. The summed E-state index contributed by atoms with van der Waals surface area (Å²) in [5.74, 6) is 0.252. The van der Waals surface area contributed by atoms with Crippen LogP contribution in [0.15, 0.2) is 53.1 Å². The molecule has 0 aliphatic rings. The first-order valence-electron chi connectivity index (χ1n) is 8.50. The summed E-state index contributed by atoms with van der Waals surface area (Å²) in [5, 5.41) is 2.69. The number of imidazole rings is 1. The van der Waals surface area contributed by atoms with Crippen molar-refractivity contribution in [3.8, 4) is 11.3 Å². The predicted octanol–water partition coefficient (Wildman–Crippen LogP) is 2.92. The van der Waals surface area contributed by atoms with Gasteiger partial charge in [0, 0.05) is 36.3 Å². The summed E-state index contributed by atoms with van der Waals surface area (Å²) in [6.07, 6.45) is 4.75. The second-order valence-electron chi connectivity index (χ2n) is 6.19. The van der Waals surface area contributed by atoms with Crippen molar-refractivity contribution in [1.82, 2.24) is 19.4 Å². The van der Waals surface area contributed by atoms with Gasteiger partial charge in [0.1, 0.15) is 0 Å². The van der Waals surface area contributed by atoms with E-state index in [1.165, 1.54) is 13.1 Å². The highest BCUT2D eigenvalue weighted by Gasteiger charge is 2.19. The van der Waals surface area contributed by atoms with Crippen molar-refractivity contribution in [1.29, 1.82) is 0 Å². The summed E-state index contributed by atoms with van der Waals surface area (Å²) in [6, 6.07) is 8.79. The average molecular weight is 428 g/mol. The van der Waals surface area contributed by atoms with Gasteiger partial charge in [0.2, 0.25) is 11.7 Å². The lowest BCUT2D eigenvalue weighted by molar-refractivity contribution is -0.114. The molecule has 3 heterocycles. The third kappa shape index (κ3) is 3.82. The molecular weight excluding hydrogens is 412 g/mol. The Morgan fingerprint density at radius 2 is 2.03 bits per heavy atom. The molecule has 0 fully saturated rings. The van der Waals surface area contributed by atoms with Crippen LogP contribution in [0.2, 0.25) is 0 Å². The lowest BCUT2D eigenvalue weighted by Gasteiger charge is -2.07. The minimum atomic E-state index is -3.85. The van der Waals surface area contributed by atoms with E-state index in [0.29, 0.717) is 11.5 Å². The molecule has 0 aliphatic heterocycles. The Kier molecular flexibility index (Phi) is 4.76. The van der Waals surface area contributed by atoms with Crippen LogP contribution < -0.4 is 10.0 Å². The van der Waals surface area contributed by atoms with Gasteiger partial charge in [-0.05, 0) is 25.1 Å². The smallest absolute Gasteiger partial charge is 0.273 e. The van der Waals surface area contributed by atoms with Crippen LogP contribution in [0.1, 0.15) is 12.6 Å². The zero-order valence-electron chi connectivity index (χ0n) is 15.4. The van der Waals surface area contributed by atoms with Gasteiger partial charge in [-0.15, -0.1) is 0 Å². The van der Waals surface area contributed by atoms with Gasteiger partial charge in [-0.1, -0.05) is 23.5 Å². The number of nitrogens with zero attached hydrogens (tertiary/aromatic N) is 4. The van der Waals surface area contributed by atoms with E-state index >= 15 is 0 Å². The number of carbonyl (C=O) groups excluding carboxylic acids is 1. The van der Waals surface area contributed by atoms with Gasteiger partial charge in [-0.25, -0.2) is 23.4 Å². The second-order valence-corrected chi connectivity index (χ2v) is 9.13. The number of rotatable bonds is 5. The van der Waals surface area contributed by atoms with Crippen molar-refractivity contribution in [2.24, 2.45) is 0 Å². The van der Waals surface area contributed by atoms with Gasteiger partial charge in [0.05, 0.1) is 11.9 Å².